The molecule has 5 aromatic carbocycles. The van der Waals surface area contributed by atoms with Crippen LogP contribution >= 0.6 is 11.3 Å². The highest BCUT2D eigenvalue weighted by molar-refractivity contribution is 7.19. The fraction of sp³-hybridized carbons (Fsp3) is 0.0526. The quantitative estimate of drug-likeness (QED) is 0.221. The Morgan fingerprint density at radius 3 is 2.38 bits per heavy atom. The van der Waals surface area contributed by atoms with Gasteiger partial charge in [-0.05, 0) is 58.9 Å². The Bertz CT molecular complexity index is 2040. The first-order chi connectivity index (χ1) is 19.9. The van der Waals surface area contributed by atoms with E-state index in [4.69, 9.17) is 4.42 Å². The van der Waals surface area contributed by atoms with E-state index >= 15 is 0 Å². The minimum Gasteiger partial charge on any atom is -0.455 e. The van der Waals surface area contributed by atoms with Gasteiger partial charge in [0.05, 0.1) is 0 Å². The van der Waals surface area contributed by atoms with Crippen molar-refractivity contribution in [2.24, 2.45) is 0 Å². The molecular formula is C38H24OS. The molecular weight excluding hydrogens is 504 g/mol. The van der Waals surface area contributed by atoms with E-state index in [0.29, 0.717) is 0 Å². The van der Waals surface area contributed by atoms with E-state index in [1.54, 1.807) is 0 Å². The first kappa shape index (κ1) is 23.1. The van der Waals surface area contributed by atoms with Crippen LogP contribution in [-0.4, -0.2) is 0 Å². The van der Waals surface area contributed by atoms with Crippen LogP contribution in [0, 0.1) is 12.1 Å². The van der Waals surface area contributed by atoms with Crippen molar-refractivity contribution >= 4 is 39.4 Å². The van der Waals surface area contributed by atoms with E-state index < -0.39 is 0 Å². The van der Waals surface area contributed by atoms with Crippen molar-refractivity contribution in [1.82, 2.24) is 0 Å². The summed E-state index contributed by atoms with van der Waals surface area (Å²) in [5.74, 6) is 0. The molecule has 0 N–H and O–H groups in total. The number of allylic oxidation sites excluding steroid dienone is 1. The molecule has 40 heavy (non-hydrogen) atoms. The van der Waals surface area contributed by atoms with E-state index in [1.165, 1.54) is 43.1 Å². The van der Waals surface area contributed by atoms with E-state index in [1.807, 2.05) is 29.5 Å². The summed E-state index contributed by atoms with van der Waals surface area (Å²) in [7, 11) is 0. The maximum Gasteiger partial charge on any atom is 0.143 e. The zero-order valence-corrected chi connectivity index (χ0v) is 22.6. The third-order valence-corrected chi connectivity index (χ3v) is 9.17. The number of para-hydroxylation sites is 2. The monoisotopic (exact) mass is 528 g/mol. The lowest BCUT2D eigenvalue weighted by atomic mass is 9.87. The predicted molar refractivity (Wildman–Crippen MR) is 168 cm³/mol. The third kappa shape index (κ3) is 3.63. The van der Waals surface area contributed by atoms with Crippen LogP contribution in [-0.2, 0) is 6.42 Å². The fourth-order valence-corrected chi connectivity index (χ4v) is 7.47. The number of thiophene rings is 1. The third-order valence-electron chi connectivity index (χ3n) is 7.85. The molecule has 8 rings (SSSR count). The summed E-state index contributed by atoms with van der Waals surface area (Å²) in [6, 6.07) is 44.9. The van der Waals surface area contributed by atoms with Gasteiger partial charge in [0.1, 0.15) is 11.2 Å². The largest absolute Gasteiger partial charge is 0.455 e. The van der Waals surface area contributed by atoms with Gasteiger partial charge in [0.2, 0.25) is 0 Å². The number of benzene rings is 4. The highest BCUT2D eigenvalue weighted by Crippen LogP contribution is 2.51. The Hall–Kier alpha value is -4.84. The van der Waals surface area contributed by atoms with Gasteiger partial charge in [-0.25, -0.2) is 0 Å². The van der Waals surface area contributed by atoms with Gasteiger partial charge in [-0.1, -0.05) is 115 Å². The average Bonchev–Trinajstić information content (AvgIpc) is 3.61. The van der Waals surface area contributed by atoms with Gasteiger partial charge in [-0.15, -0.1) is 11.3 Å². The number of rotatable bonds is 4. The molecule has 0 bridgehead atoms. The number of furan rings is 1. The fourth-order valence-electron chi connectivity index (χ4n) is 6.05. The Morgan fingerprint density at radius 2 is 1.48 bits per heavy atom. The smallest absolute Gasteiger partial charge is 0.143 e. The van der Waals surface area contributed by atoms with Gasteiger partial charge in [-0.2, -0.15) is 0 Å². The van der Waals surface area contributed by atoms with Crippen molar-refractivity contribution in [3.8, 4) is 43.1 Å². The Balaban J connectivity index is 1.47. The summed E-state index contributed by atoms with van der Waals surface area (Å²) in [4.78, 5) is 2.65. The molecule has 0 radical (unpaired) electrons. The summed E-state index contributed by atoms with van der Waals surface area (Å²) in [6.45, 7) is 0. The zero-order chi connectivity index (χ0) is 26.5. The van der Waals surface area contributed by atoms with Gasteiger partial charge in [0.25, 0.3) is 0 Å². The summed E-state index contributed by atoms with van der Waals surface area (Å²) in [5, 5.41) is 2.29. The predicted octanol–water partition coefficient (Wildman–Crippen LogP) is 10.9. The molecule has 0 fully saturated rings. The van der Waals surface area contributed by atoms with E-state index in [0.717, 1.165) is 45.9 Å². The van der Waals surface area contributed by atoms with Crippen molar-refractivity contribution in [2.75, 3.05) is 0 Å². The second kappa shape index (κ2) is 9.42. The molecule has 1 aliphatic rings. The molecule has 0 saturated heterocycles. The first-order valence-corrected chi connectivity index (χ1v) is 14.5. The molecule has 7 aromatic rings. The van der Waals surface area contributed by atoms with E-state index in [-0.39, 0.29) is 0 Å². The highest BCUT2D eigenvalue weighted by Gasteiger charge is 2.26. The van der Waals surface area contributed by atoms with Crippen LogP contribution in [0.4, 0.5) is 0 Å². The van der Waals surface area contributed by atoms with E-state index in [2.05, 4.69) is 115 Å². The number of hydrogen-bond acceptors (Lipinski definition) is 2. The van der Waals surface area contributed by atoms with Crippen LogP contribution in [0.25, 0.3) is 71.1 Å². The first-order valence-electron chi connectivity index (χ1n) is 13.7. The molecule has 1 nitrogen and oxygen atoms in total. The second-order valence-electron chi connectivity index (χ2n) is 10.2. The summed E-state index contributed by atoms with van der Waals surface area (Å²) < 4.78 is 6.54. The van der Waals surface area contributed by atoms with Crippen LogP contribution < -0.4 is 0 Å². The molecule has 0 unspecified atom stereocenters. The highest BCUT2D eigenvalue weighted by atomic mass is 32.1. The summed E-state index contributed by atoms with van der Waals surface area (Å²) in [6.07, 6.45) is 6.71. The van der Waals surface area contributed by atoms with Gasteiger partial charge in [-0.3, -0.25) is 0 Å². The van der Waals surface area contributed by atoms with E-state index in [9.17, 15) is 0 Å². The van der Waals surface area contributed by atoms with Crippen LogP contribution in [0.2, 0.25) is 0 Å². The zero-order valence-electron chi connectivity index (χ0n) is 21.8. The maximum atomic E-state index is 6.54. The Labute approximate surface area is 237 Å². The van der Waals surface area contributed by atoms with Crippen LogP contribution in [0.3, 0.4) is 0 Å². The van der Waals surface area contributed by atoms with Gasteiger partial charge in [0.15, 0.2) is 0 Å². The Morgan fingerprint density at radius 1 is 0.675 bits per heavy atom. The molecule has 2 aromatic heterocycles. The van der Waals surface area contributed by atoms with Gasteiger partial charge < -0.3 is 4.42 Å². The lowest BCUT2D eigenvalue weighted by Crippen LogP contribution is -1.96. The summed E-state index contributed by atoms with van der Waals surface area (Å²) >= 11 is 1.90. The molecule has 0 aliphatic heterocycles. The second-order valence-corrected chi connectivity index (χ2v) is 11.2. The number of fused-ring (bicyclic) bond motifs is 4. The minimum absolute atomic E-state index is 0.915. The SMILES string of the molecule is c1cccc(-c2cccc(-c3cccc4c3oc3ccccc34)c2-c2sc(-c3ccccc3)c3c2CCC=C3)c#1. The standard InChI is InChI=1S/C38H24OS/c1-3-13-25(14-4-1)27-20-11-21-29(31-23-12-22-30-28-17-9-10-24-34(28)39-36(30)31)35(27)38-33-19-8-7-18-32(33)37(40-38)26-15-5-2-6-16-26/h1-3,5-7,9-13,15-18,20-24H,8,19H2. The van der Waals surface area contributed by atoms with Gasteiger partial charge in [0, 0.05) is 37.2 Å². The molecule has 0 spiro atoms. The molecule has 2 heteroatoms. The maximum absolute atomic E-state index is 6.54. The van der Waals surface area contributed by atoms with Crippen LogP contribution in [0.15, 0.2) is 120 Å². The lowest BCUT2D eigenvalue weighted by Gasteiger charge is -2.17. The topological polar surface area (TPSA) is 13.1 Å². The molecule has 188 valence electrons. The average molecular weight is 529 g/mol. The summed E-state index contributed by atoms with van der Waals surface area (Å²) in [5.41, 5.74) is 11.6. The van der Waals surface area contributed by atoms with Crippen molar-refractivity contribution in [3.05, 3.63) is 139 Å². The van der Waals surface area contributed by atoms with Crippen molar-refractivity contribution in [1.29, 1.82) is 0 Å². The van der Waals surface area contributed by atoms with Crippen molar-refractivity contribution in [2.45, 2.75) is 12.8 Å². The van der Waals surface area contributed by atoms with Crippen LogP contribution in [0.1, 0.15) is 17.5 Å². The molecule has 0 saturated carbocycles. The Kier molecular flexibility index (Phi) is 5.43. The van der Waals surface area contributed by atoms with Crippen LogP contribution in [0.5, 0.6) is 0 Å². The molecule has 2 heterocycles. The normalized spacial score (nSPS) is 12.5. The molecule has 0 amide bonds. The molecule has 1 aliphatic carbocycles. The minimum atomic E-state index is 0.915. The number of hydrogen-bond donors (Lipinski definition) is 0. The van der Waals surface area contributed by atoms with Gasteiger partial charge >= 0.3 is 0 Å². The van der Waals surface area contributed by atoms with Crippen molar-refractivity contribution < 1.29 is 4.42 Å². The lowest BCUT2D eigenvalue weighted by molar-refractivity contribution is 0.670. The molecule has 0 atom stereocenters. The van der Waals surface area contributed by atoms with Crippen molar-refractivity contribution in [3.63, 3.8) is 0 Å².